The van der Waals surface area contributed by atoms with Gasteiger partial charge in [0, 0.05) is 23.6 Å². The zero-order valence-electron chi connectivity index (χ0n) is 11.9. The maximum Gasteiger partial charge on any atom is 0.142 e. The number of aryl methyl sites for hydroxylation is 1. The number of benzene rings is 2. The minimum atomic E-state index is 0.343. The molecule has 0 amide bonds. The average molecular weight is 336 g/mol. The van der Waals surface area contributed by atoms with E-state index in [4.69, 9.17) is 4.74 Å². The first-order valence-electron chi connectivity index (χ1n) is 6.35. The maximum atomic E-state index is 10.2. The number of phenolic OH excluding ortho intramolecular Hbond substituents is 1. The molecule has 3 nitrogen and oxygen atoms in total. The van der Waals surface area contributed by atoms with Crippen molar-refractivity contribution in [3.05, 3.63) is 52.0 Å². The van der Waals surface area contributed by atoms with Crippen molar-refractivity contribution >= 4 is 21.6 Å². The molecule has 0 aliphatic carbocycles. The predicted octanol–water partition coefficient (Wildman–Crippen LogP) is 4.11. The summed E-state index contributed by atoms with van der Waals surface area (Å²) in [5.74, 6) is 1.16. The molecule has 0 saturated carbocycles. The van der Waals surface area contributed by atoms with Crippen LogP contribution in [0.25, 0.3) is 0 Å². The lowest BCUT2D eigenvalue weighted by Gasteiger charge is -2.22. The topological polar surface area (TPSA) is 32.7 Å². The molecule has 20 heavy (non-hydrogen) atoms. The van der Waals surface area contributed by atoms with Crippen LogP contribution < -0.4 is 9.64 Å². The highest BCUT2D eigenvalue weighted by Gasteiger charge is 2.12. The van der Waals surface area contributed by atoms with Crippen molar-refractivity contribution in [2.75, 3.05) is 19.1 Å². The summed E-state index contributed by atoms with van der Waals surface area (Å²) < 4.78 is 6.34. The van der Waals surface area contributed by atoms with Crippen LogP contribution in [0.3, 0.4) is 0 Å². The van der Waals surface area contributed by atoms with Crippen LogP contribution in [0.4, 0.5) is 5.69 Å². The Bertz CT molecular complexity index is 613. The first kappa shape index (κ1) is 14.7. The second-order valence-electron chi connectivity index (χ2n) is 4.76. The molecule has 2 aromatic carbocycles. The summed E-state index contributed by atoms with van der Waals surface area (Å²) >= 11 is 3.47. The first-order chi connectivity index (χ1) is 9.52. The molecule has 0 aliphatic heterocycles. The van der Waals surface area contributed by atoms with Gasteiger partial charge in [-0.2, -0.15) is 0 Å². The lowest BCUT2D eigenvalue weighted by Crippen LogP contribution is -2.17. The Balaban J connectivity index is 2.30. The van der Waals surface area contributed by atoms with E-state index in [0.29, 0.717) is 12.3 Å². The van der Waals surface area contributed by atoms with E-state index in [9.17, 15) is 5.11 Å². The van der Waals surface area contributed by atoms with Crippen LogP contribution in [0.5, 0.6) is 11.5 Å². The number of nitrogens with zero attached hydrogens (tertiary/aromatic N) is 1. The van der Waals surface area contributed by atoms with Crippen LogP contribution in [0.1, 0.15) is 11.1 Å². The Labute approximate surface area is 127 Å². The summed E-state index contributed by atoms with van der Waals surface area (Å²) in [6.07, 6.45) is 0. The van der Waals surface area contributed by atoms with Gasteiger partial charge in [-0.1, -0.05) is 28.1 Å². The molecule has 0 aliphatic rings. The fourth-order valence-electron chi connectivity index (χ4n) is 2.21. The van der Waals surface area contributed by atoms with E-state index in [1.807, 2.05) is 50.4 Å². The Morgan fingerprint density at radius 2 is 1.95 bits per heavy atom. The molecule has 0 unspecified atom stereocenters. The summed E-state index contributed by atoms with van der Waals surface area (Å²) in [6.45, 7) is 2.50. The van der Waals surface area contributed by atoms with Gasteiger partial charge in [0.25, 0.3) is 0 Å². The molecule has 2 rings (SSSR count). The molecule has 0 fully saturated rings. The number of hydrogen-bond acceptors (Lipinski definition) is 3. The zero-order chi connectivity index (χ0) is 14.7. The van der Waals surface area contributed by atoms with E-state index in [0.717, 1.165) is 27.0 Å². The van der Waals surface area contributed by atoms with Crippen molar-refractivity contribution in [2.45, 2.75) is 13.5 Å². The molecule has 4 heteroatoms. The van der Waals surface area contributed by atoms with Crippen molar-refractivity contribution in [3.8, 4) is 11.5 Å². The van der Waals surface area contributed by atoms with E-state index in [1.54, 1.807) is 7.11 Å². The molecule has 0 saturated heterocycles. The van der Waals surface area contributed by atoms with Crippen LogP contribution in [0.2, 0.25) is 0 Å². The second kappa shape index (κ2) is 6.18. The summed E-state index contributed by atoms with van der Waals surface area (Å²) in [7, 11) is 3.64. The number of anilines is 1. The lowest BCUT2D eigenvalue weighted by atomic mass is 10.1. The number of phenols is 1. The SMILES string of the molecule is COc1ccccc1N(C)Cc1cc(Br)cc(C)c1O. The van der Waals surface area contributed by atoms with E-state index in [2.05, 4.69) is 20.8 Å². The molecular formula is C16H18BrNO2. The predicted molar refractivity (Wildman–Crippen MR) is 85.6 cm³/mol. The first-order valence-corrected chi connectivity index (χ1v) is 7.14. The van der Waals surface area contributed by atoms with Crippen LogP contribution in [-0.4, -0.2) is 19.3 Å². The molecule has 0 aromatic heterocycles. The number of para-hydroxylation sites is 2. The number of halogens is 1. The number of ether oxygens (including phenoxy) is 1. The Kier molecular flexibility index (Phi) is 4.55. The maximum absolute atomic E-state index is 10.2. The van der Waals surface area contributed by atoms with Crippen molar-refractivity contribution in [2.24, 2.45) is 0 Å². The van der Waals surface area contributed by atoms with Gasteiger partial charge >= 0.3 is 0 Å². The third-order valence-corrected chi connectivity index (χ3v) is 3.71. The van der Waals surface area contributed by atoms with Gasteiger partial charge in [0.15, 0.2) is 0 Å². The highest BCUT2D eigenvalue weighted by atomic mass is 79.9. The Morgan fingerprint density at radius 3 is 2.65 bits per heavy atom. The van der Waals surface area contributed by atoms with Crippen molar-refractivity contribution in [3.63, 3.8) is 0 Å². The smallest absolute Gasteiger partial charge is 0.142 e. The Morgan fingerprint density at radius 1 is 1.25 bits per heavy atom. The van der Waals surface area contributed by atoms with Gasteiger partial charge in [-0.05, 0) is 36.8 Å². The summed E-state index contributed by atoms with van der Waals surface area (Å²) in [6, 6.07) is 11.7. The number of methoxy groups -OCH3 is 1. The van der Waals surface area contributed by atoms with Gasteiger partial charge in [0.2, 0.25) is 0 Å². The average Bonchev–Trinajstić information content (AvgIpc) is 2.44. The van der Waals surface area contributed by atoms with Crippen molar-refractivity contribution in [1.82, 2.24) is 0 Å². The van der Waals surface area contributed by atoms with Gasteiger partial charge < -0.3 is 14.7 Å². The van der Waals surface area contributed by atoms with E-state index in [1.165, 1.54) is 0 Å². The molecule has 0 spiro atoms. The highest BCUT2D eigenvalue weighted by Crippen LogP contribution is 2.31. The monoisotopic (exact) mass is 335 g/mol. The van der Waals surface area contributed by atoms with Crippen LogP contribution in [-0.2, 0) is 6.54 Å². The minimum absolute atomic E-state index is 0.343. The van der Waals surface area contributed by atoms with E-state index < -0.39 is 0 Å². The third kappa shape index (κ3) is 3.07. The Hall–Kier alpha value is -1.68. The minimum Gasteiger partial charge on any atom is -0.507 e. The second-order valence-corrected chi connectivity index (χ2v) is 5.67. The molecule has 1 N–H and O–H groups in total. The van der Waals surface area contributed by atoms with Gasteiger partial charge in [0.1, 0.15) is 11.5 Å². The fraction of sp³-hybridized carbons (Fsp3) is 0.250. The highest BCUT2D eigenvalue weighted by molar-refractivity contribution is 9.10. The quantitative estimate of drug-likeness (QED) is 0.912. The van der Waals surface area contributed by atoms with Gasteiger partial charge in [-0.15, -0.1) is 0 Å². The summed E-state index contributed by atoms with van der Waals surface area (Å²) in [4.78, 5) is 2.06. The molecule has 0 bridgehead atoms. The number of rotatable bonds is 4. The van der Waals surface area contributed by atoms with Crippen LogP contribution in [0.15, 0.2) is 40.9 Å². The molecule has 106 valence electrons. The molecular weight excluding hydrogens is 318 g/mol. The molecule has 2 aromatic rings. The number of hydrogen-bond donors (Lipinski definition) is 1. The van der Waals surface area contributed by atoms with Gasteiger partial charge in [-0.3, -0.25) is 0 Å². The summed E-state index contributed by atoms with van der Waals surface area (Å²) in [5.41, 5.74) is 2.74. The zero-order valence-corrected chi connectivity index (χ0v) is 13.4. The largest absolute Gasteiger partial charge is 0.507 e. The van der Waals surface area contributed by atoms with Crippen LogP contribution >= 0.6 is 15.9 Å². The standard InChI is InChI=1S/C16H18BrNO2/c1-11-8-13(17)9-12(16(11)19)10-18(2)14-6-4-5-7-15(14)20-3/h4-9,19H,10H2,1-3H3. The van der Waals surface area contributed by atoms with E-state index >= 15 is 0 Å². The third-order valence-electron chi connectivity index (χ3n) is 3.25. The fourth-order valence-corrected chi connectivity index (χ4v) is 2.83. The van der Waals surface area contributed by atoms with Crippen molar-refractivity contribution < 1.29 is 9.84 Å². The lowest BCUT2D eigenvalue weighted by molar-refractivity contribution is 0.414. The van der Waals surface area contributed by atoms with Crippen LogP contribution in [0, 0.1) is 6.92 Å². The van der Waals surface area contributed by atoms with Gasteiger partial charge in [0.05, 0.1) is 12.8 Å². The normalized spacial score (nSPS) is 10.4. The summed E-state index contributed by atoms with van der Waals surface area (Å²) in [5, 5.41) is 10.2. The van der Waals surface area contributed by atoms with Crippen molar-refractivity contribution in [1.29, 1.82) is 0 Å². The number of aromatic hydroxyl groups is 1. The van der Waals surface area contributed by atoms with E-state index in [-0.39, 0.29) is 0 Å². The molecule has 0 atom stereocenters. The molecule has 0 heterocycles. The van der Waals surface area contributed by atoms with Gasteiger partial charge in [-0.25, -0.2) is 0 Å². The molecule has 0 radical (unpaired) electrons.